The third kappa shape index (κ3) is 4.62. The summed E-state index contributed by atoms with van der Waals surface area (Å²) in [5.41, 5.74) is 1.58. The molecule has 0 saturated heterocycles. The zero-order valence-corrected chi connectivity index (χ0v) is 17.2. The fraction of sp³-hybridized carbons (Fsp3) is 0.318. The van der Waals surface area contributed by atoms with Gasteiger partial charge in [-0.3, -0.25) is 14.2 Å². The third-order valence-electron chi connectivity index (χ3n) is 4.48. The number of para-hydroxylation sites is 1. The first-order valence-electron chi connectivity index (χ1n) is 9.43. The van der Waals surface area contributed by atoms with Crippen LogP contribution in [0.25, 0.3) is 10.9 Å². The summed E-state index contributed by atoms with van der Waals surface area (Å²) in [6, 6.07) is 17.0. The van der Waals surface area contributed by atoms with Gasteiger partial charge in [-0.15, -0.1) is 0 Å². The second kappa shape index (κ2) is 9.06. The van der Waals surface area contributed by atoms with Crippen LogP contribution in [0.15, 0.2) is 64.5 Å². The molecular weight excluding hydrogens is 370 g/mol. The lowest BCUT2D eigenvalue weighted by Crippen LogP contribution is -2.30. The first kappa shape index (κ1) is 20.1. The highest BCUT2D eigenvalue weighted by Crippen LogP contribution is 2.24. The van der Waals surface area contributed by atoms with Crippen LogP contribution in [0.2, 0.25) is 0 Å². The van der Waals surface area contributed by atoms with Gasteiger partial charge in [0, 0.05) is 6.54 Å². The Kier molecular flexibility index (Phi) is 6.52. The Morgan fingerprint density at radius 1 is 1.07 bits per heavy atom. The van der Waals surface area contributed by atoms with Crippen molar-refractivity contribution < 1.29 is 4.79 Å². The Labute approximate surface area is 169 Å². The molecule has 146 valence electrons. The van der Waals surface area contributed by atoms with Crippen molar-refractivity contribution >= 4 is 28.6 Å². The van der Waals surface area contributed by atoms with Gasteiger partial charge in [0.15, 0.2) is 5.16 Å². The van der Waals surface area contributed by atoms with E-state index in [4.69, 9.17) is 4.98 Å². The molecule has 1 N–H and O–H groups in total. The van der Waals surface area contributed by atoms with Crippen molar-refractivity contribution in [1.29, 1.82) is 0 Å². The average Bonchev–Trinajstić information content (AvgIpc) is 2.71. The Morgan fingerprint density at radius 3 is 2.46 bits per heavy atom. The number of carbonyl (C=O) groups excluding carboxylic acids is 1. The van der Waals surface area contributed by atoms with Crippen molar-refractivity contribution in [3.05, 3.63) is 70.5 Å². The molecule has 0 radical (unpaired) electrons. The number of nitrogens with one attached hydrogen (secondary N) is 1. The second-order valence-electron chi connectivity index (χ2n) is 7.16. The fourth-order valence-corrected chi connectivity index (χ4v) is 3.85. The van der Waals surface area contributed by atoms with E-state index in [-0.39, 0.29) is 23.3 Å². The molecule has 0 fully saturated rings. The number of fused-ring (bicyclic) bond motifs is 1. The lowest BCUT2D eigenvalue weighted by Gasteiger charge is -2.20. The van der Waals surface area contributed by atoms with Crippen LogP contribution in [0.3, 0.4) is 0 Å². The van der Waals surface area contributed by atoms with Crippen molar-refractivity contribution in [2.24, 2.45) is 5.92 Å². The monoisotopic (exact) mass is 395 g/mol. The fourth-order valence-electron chi connectivity index (χ4n) is 2.95. The number of rotatable bonds is 7. The molecule has 1 heterocycles. The predicted octanol–water partition coefficient (Wildman–Crippen LogP) is 3.87. The molecule has 2 aromatic carbocycles. The van der Waals surface area contributed by atoms with Gasteiger partial charge in [-0.1, -0.05) is 68.1 Å². The van der Waals surface area contributed by atoms with Gasteiger partial charge >= 0.3 is 0 Å². The minimum absolute atomic E-state index is 0.0555. The smallest absolute Gasteiger partial charge is 0.262 e. The van der Waals surface area contributed by atoms with Crippen LogP contribution in [0.1, 0.15) is 32.4 Å². The van der Waals surface area contributed by atoms with Crippen molar-refractivity contribution in [2.75, 3.05) is 12.3 Å². The highest BCUT2D eigenvalue weighted by molar-refractivity contribution is 7.99. The van der Waals surface area contributed by atoms with Crippen LogP contribution in [0.5, 0.6) is 0 Å². The molecule has 0 spiro atoms. The number of thioether (sulfide) groups is 1. The molecule has 0 saturated carbocycles. The van der Waals surface area contributed by atoms with Gasteiger partial charge in [0.25, 0.3) is 5.56 Å². The molecule has 3 rings (SSSR count). The van der Waals surface area contributed by atoms with Gasteiger partial charge in [-0.05, 0) is 30.5 Å². The normalized spacial score (nSPS) is 12.3. The van der Waals surface area contributed by atoms with Gasteiger partial charge < -0.3 is 5.32 Å². The molecule has 0 bridgehead atoms. The SMILES string of the molecule is CC(C)CNC(=O)CSc1nc2ccccc2c(=O)n1[C@@H](C)c1ccccc1. The third-order valence-corrected chi connectivity index (χ3v) is 5.44. The maximum absolute atomic E-state index is 13.2. The van der Waals surface area contributed by atoms with Crippen LogP contribution < -0.4 is 10.9 Å². The lowest BCUT2D eigenvalue weighted by molar-refractivity contribution is -0.118. The molecule has 0 aliphatic carbocycles. The van der Waals surface area contributed by atoms with E-state index < -0.39 is 0 Å². The lowest BCUT2D eigenvalue weighted by atomic mass is 10.1. The van der Waals surface area contributed by atoms with Crippen molar-refractivity contribution in [3.63, 3.8) is 0 Å². The first-order valence-corrected chi connectivity index (χ1v) is 10.4. The summed E-state index contributed by atoms with van der Waals surface area (Å²) < 4.78 is 1.69. The molecule has 1 aromatic heterocycles. The van der Waals surface area contributed by atoms with Gasteiger partial charge in [-0.2, -0.15) is 0 Å². The van der Waals surface area contributed by atoms with E-state index in [2.05, 4.69) is 19.2 Å². The number of amides is 1. The topological polar surface area (TPSA) is 64.0 Å². The summed E-state index contributed by atoms with van der Waals surface area (Å²) in [4.78, 5) is 30.1. The Hall–Kier alpha value is -2.60. The Bertz CT molecular complexity index is 1020. The Morgan fingerprint density at radius 2 is 1.75 bits per heavy atom. The summed E-state index contributed by atoms with van der Waals surface area (Å²) in [7, 11) is 0. The standard InChI is InChI=1S/C22H25N3O2S/c1-15(2)13-23-20(26)14-28-22-24-19-12-8-7-11-18(19)21(27)25(22)16(3)17-9-5-4-6-10-17/h4-12,15-16H,13-14H2,1-3H3,(H,23,26)/t16-/m0/s1. The maximum Gasteiger partial charge on any atom is 0.262 e. The molecule has 1 amide bonds. The highest BCUT2D eigenvalue weighted by Gasteiger charge is 2.18. The molecule has 0 unspecified atom stereocenters. The van der Waals surface area contributed by atoms with Crippen LogP contribution >= 0.6 is 11.8 Å². The van der Waals surface area contributed by atoms with E-state index in [0.717, 1.165) is 5.56 Å². The summed E-state index contributed by atoms with van der Waals surface area (Å²) in [6.07, 6.45) is 0. The summed E-state index contributed by atoms with van der Waals surface area (Å²) in [5.74, 6) is 0.558. The number of aromatic nitrogens is 2. The van der Waals surface area contributed by atoms with Crippen molar-refractivity contribution in [2.45, 2.75) is 32.0 Å². The van der Waals surface area contributed by atoms with Gasteiger partial charge in [0.2, 0.25) is 5.91 Å². The molecule has 6 heteroatoms. The molecule has 1 atom stereocenters. The van der Waals surface area contributed by atoms with E-state index in [0.29, 0.717) is 28.5 Å². The molecule has 0 aliphatic heterocycles. The van der Waals surface area contributed by atoms with Crippen molar-refractivity contribution in [1.82, 2.24) is 14.9 Å². The first-order chi connectivity index (χ1) is 13.5. The van der Waals surface area contributed by atoms with Crippen LogP contribution in [0.4, 0.5) is 0 Å². The predicted molar refractivity (Wildman–Crippen MR) is 115 cm³/mol. The van der Waals surface area contributed by atoms with E-state index in [1.165, 1.54) is 11.8 Å². The highest BCUT2D eigenvalue weighted by atomic mass is 32.2. The maximum atomic E-state index is 13.2. The minimum atomic E-state index is -0.188. The van der Waals surface area contributed by atoms with Crippen LogP contribution in [-0.2, 0) is 4.79 Å². The minimum Gasteiger partial charge on any atom is -0.355 e. The zero-order valence-electron chi connectivity index (χ0n) is 16.4. The van der Waals surface area contributed by atoms with Gasteiger partial charge in [-0.25, -0.2) is 4.98 Å². The molecule has 3 aromatic rings. The second-order valence-corrected chi connectivity index (χ2v) is 8.10. The Balaban J connectivity index is 1.98. The summed E-state index contributed by atoms with van der Waals surface area (Å²) >= 11 is 1.30. The zero-order chi connectivity index (χ0) is 20.1. The number of hydrogen-bond acceptors (Lipinski definition) is 4. The van der Waals surface area contributed by atoms with Crippen molar-refractivity contribution in [3.8, 4) is 0 Å². The van der Waals surface area contributed by atoms with Gasteiger partial charge in [0.1, 0.15) is 0 Å². The quantitative estimate of drug-likeness (QED) is 0.487. The van der Waals surface area contributed by atoms with Gasteiger partial charge in [0.05, 0.1) is 22.7 Å². The van der Waals surface area contributed by atoms with E-state index in [1.807, 2.05) is 55.5 Å². The number of nitrogens with zero attached hydrogens (tertiary/aromatic N) is 2. The van der Waals surface area contributed by atoms with E-state index in [1.54, 1.807) is 10.6 Å². The molecule has 28 heavy (non-hydrogen) atoms. The summed E-state index contributed by atoms with van der Waals surface area (Å²) in [6.45, 7) is 6.73. The molecule has 5 nitrogen and oxygen atoms in total. The number of carbonyl (C=O) groups is 1. The van der Waals surface area contributed by atoms with Crippen LogP contribution in [0, 0.1) is 5.92 Å². The summed E-state index contributed by atoms with van der Waals surface area (Å²) in [5, 5.41) is 4.05. The molecular formula is C22H25N3O2S. The van der Waals surface area contributed by atoms with Crippen LogP contribution in [-0.4, -0.2) is 27.8 Å². The van der Waals surface area contributed by atoms with E-state index >= 15 is 0 Å². The largest absolute Gasteiger partial charge is 0.355 e. The molecule has 0 aliphatic rings. The van der Waals surface area contributed by atoms with E-state index in [9.17, 15) is 9.59 Å². The number of benzene rings is 2. The number of hydrogen-bond donors (Lipinski definition) is 1. The average molecular weight is 396 g/mol.